The van der Waals surface area contributed by atoms with E-state index in [1.165, 1.54) is 6.39 Å². The Kier molecular flexibility index (Phi) is 2.99. The third-order valence-corrected chi connectivity index (χ3v) is 3.31. The highest BCUT2D eigenvalue weighted by molar-refractivity contribution is 9.10. The van der Waals surface area contributed by atoms with E-state index in [0.29, 0.717) is 0 Å². The molecule has 0 bridgehead atoms. The van der Waals surface area contributed by atoms with Crippen LogP contribution in [0.25, 0.3) is 22.5 Å². The minimum absolute atomic E-state index is 0.786. The van der Waals surface area contributed by atoms with Gasteiger partial charge in [-0.3, -0.25) is 0 Å². The number of hydrogen-bond donors (Lipinski definition) is 0. The van der Waals surface area contributed by atoms with Crippen molar-refractivity contribution in [1.29, 1.82) is 0 Å². The molecule has 0 aliphatic heterocycles. The van der Waals surface area contributed by atoms with Crippen molar-refractivity contribution < 1.29 is 4.42 Å². The highest BCUT2D eigenvalue weighted by atomic mass is 79.9. The third-order valence-electron chi connectivity index (χ3n) is 2.78. The molecule has 3 aromatic rings. The molecule has 3 rings (SSSR count). The molecule has 0 saturated carbocycles. The number of hydrogen-bond acceptors (Lipinski definition) is 2. The van der Waals surface area contributed by atoms with Gasteiger partial charge in [0, 0.05) is 10.0 Å². The van der Waals surface area contributed by atoms with Gasteiger partial charge in [-0.25, -0.2) is 4.98 Å². The Morgan fingerprint density at radius 3 is 2.28 bits per heavy atom. The first-order valence-electron chi connectivity index (χ1n) is 5.58. The molecule has 2 nitrogen and oxygen atoms in total. The molecular weight excluding hydrogens is 290 g/mol. The summed E-state index contributed by atoms with van der Waals surface area (Å²) in [6.07, 6.45) is 3.19. The SMILES string of the molecule is Brc1ccc(-c2ccccc2-c2cnco2)cc1. The number of aromatic nitrogens is 1. The largest absolute Gasteiger partial charge is 0.443 e. The van der Waals surface area contributed by atoms with Crippen LogP contribution in [0.15, 0.2) is 70.0 Å². The zero-order valence-corrected chi connectivity index (χ0v) is 11.1. The van der Waals surface area contributed by atoms with Crippen molar-refractivity contribution in [3.8, 4) is 22.5 Å². The van der Waals surface area contributed by atoms with Crippen LogP contribution in [0.2, 0.25) is 0 Å². The highest BCUT2D eigenvalue weighted by Gasteiger charge is 2.08. The molecule has 0 amide bonds. The van der Waals surface area contributed by atoms with E-state index in [9.17, 15) is 0 Å². The molecule has 0 N–H and O–H groups in total. The van der Waals surface area contributed by atoms with Gasteiger partial charge in [0.05, 0.1) is 6.20 Å². The van der Waals surface area contributed by atoms with E-state index in [4.69, 9.17) is 4.42 Å². The van der Waals surface area contributed by atoms with Gasteiger partial charge in [0.25, 0.3) is 0 Å². The summed E-state index contributed by atoms with van der Waals surface area (Å²) in [6, 6.07) is 16.4. The van der Waals surface area contributed by atoms with E-state index in [0.717, 1.165) is 26.9 Å². The van der Waals surface area contributed by atoms with Gasteiger partial charge in [-0.05, 0) is 23.3 Å². The van der Waals surface area contributed by atoms with E-state index in [2.05, 4.69) is 39.1 Å². The number of benzene rings is 2. The number of rotatable bonds is 2. The van der Waals surface area contributed by atoms with Crippen LogP contribution in [0.4, 0.5) is 0 Å². The first-order chi connectivity index (χ1) is 8.84. The Bertz CT molecular complexity index is 645. The average Bonchev–Trinajstić information content (AvgIpc) is 2.93. The summed E-state index contributed by atoms with van der Waals surface area (Å²) in [5, 5.41) is 0. The fraction of sp³-hybridized carbons (Fsp3) is 0. The first kappa shape index (κ1) is 11.2. The fourth-order valence-electron chi connectivity index (χ4n) is 1.93. The second-order valence-corrected chi connectivity index (χ2v) is 4.83. The molecule has 3 heteroatoms. The quantitative estimate of drug-likeness (QED) is 0.681. The standard InChI is InChI=1S/C15H10BrNO/c16-12-7-5-11(6-8-12)13-3-1-2-4-14(13)15-9-17-10-18-15/h1-10H. The number of nitrogens with zero attached hydrogens (tertiary/aromatic N) is 1. The molecule has 2 aromatic carbocycles. The topological polar surface area (TPSA) is 26.0 Å². The fourth-order valence-corrected chi connectivity index (χ4v) is 2.19. The van der Waals surface area contributed by atoms with E-state index in [1.807, 2.05) is 30.3 Å². The Balaban J connectivity index is 2.15. The molecule has 18 heavy (non-hydrogen) atoms. The Morgan fingerprint density at radius 1 is 0.889 bits per heavy atom. The maximum Gasteiger partial charge on any atom is 0.181 e. The van der Waals surface area contributed by atoms with Crippen molar-refractivity contribution in [1.82, 2.24) is 4.98 Å². The van der Waals surface area contributed by atoms with Crippen LogP contribution < -0.4 is 0 Å². The number of oxazole rings is 1. The Hall–Kier alpha value is -1.87. The Labute approximate surface area is 113 Å². The van der Waals surface area contributed by atoms with Gasteiger partial charge in [-0.2, -0.15) is 0 Å². The van der Waals surface area contributed by atoms with Gasteiger partial charge in [-0.1, -0.05) is 52.3 Å². The summed E-state index contributed by atoms with van der Waals surface area (Å²) in [7, 11) is 0. The molecule has 0 saturated heterocycles. The smallest absolute Gasteiger partial charge is 0.181 e. The molecule has 0 aliphatic carbocycles. The second-order valence-electron chi connectivity index (χ2n) is 3.92. The molecule has 1 heterocycles. The Morgan fingerprint density at radius 2 is 1.61 bits per heavy atom. The summed E-state index contributed by atoms with van der Waals surface area (Å²) < 4.78 is 6.46. The van der Waals surface area contributed by atoms with Crippen LogP contribution in [0.5, 0.6) is 0 Å². The van der Waals surface area contributed by atoms with E-state index < -0.39 is 0 Å². The molecule has 0 atom stereocenters. The van der Waals surface area contributed by atoms with Gasteiger partial charge >= 0.3 is 0 Å². The summed E-state index contributed by atoms with van der Waals surface area (Å²) in [5.41, 5.74) is 3.35. The lowest BCUT2D eigenvalue weighted by molar-refractivity contribution is 0.572. The summed E-state index contributed by atoms with van der Waals surface area (Å²) in [4.78, 5) is 3.97. The number of halogens is 1. The van der Waals surface area contributed by atoms with Crippen molar-refractivity contribution in [2.24, 2.45) is 0 Å². The van der Waals surface area contributed by atoms with Gasteiger partial charge in [0.15, 0.2) is 12.2 Å². The van der Waals surface area contributed by atoms with Crippen molar-refractivity contribution in [2.75, 3.05) is 0 Å². The average molecular weight is 300 g/mol. The zero-order chi connectivity index (χ0) is 12.4. The van der Waals surface area contributed by atoms with Gasteiger partial charge in [0.2, 0.25) is 0 Å². The summed E-state index contributed by atoms with van der Waals surface area (Å²) in [6.45, 7) is 0. The molecule has 0 spiro atoms. The van der Waals surface area contributed by atoms with Crippen molar-refractivity contribution in [3.05, 3.63) is 65.6 Å². The lowest BCUT2D eigenvalue weighted by Gasteiger charge is -2.07. The van der Waals surface area contributed by atoms with Crippen molar-refractivity contribution >= 4 is 15.9 Å². The molecular formula is C15H10BrNO. The monoisotopic (exact) mass is 299 g/mol. The molecule has 88 valence electrons. The molecule has 0 aliphatic rings. The van der Waals surface area contributed by atoms with Crippen LogP contribution in [-0.2, 0) is 0 Å². The van der Waals surface area contributed by atoms with Crippen LogP contribution in [0.3, 0.4) is 0 Å². The predicted molar refractivity (Wildman–Crippen MR) is 75.1 cm³/mol. The van der Waals surface area contributed by atoms with Crippen LogP contribution >= 0.6 is 15.9 Å². The maximum atomic E-state index is 5.39. The normalized spacial score (nSPS) is 10.5. The van der Waals surface area contributed by atoms with Gasteiger partial charge in [0.1, 0.15) is 0 Å². The lowest BCUT2D eigenvalue weighted by Crippen LogP contribution is -1.83. The van der Waals surface area contributed by atoms with Crippen molar-refractivity contribution in [2.45, 2.75) is 0 Å². The van der Waals surface area contributed by atoms with Crippen molar-refractivity contribution in [3.63, 3.8) is 0 Å². The molecule has 0 unspecified atom stereocenters. The minimum atomic E-state index is 0.786. The first-order valence-corrected chi connectivity index (χ1v) is 6.38. The molecule has 0 fully saturated rings. The maximum absolute atomic E-state index is 5.39. The molecule has 0 radical (unpaired) electrons. The predicted octanol–water partition coefficient (Wildman–Crippen LogP) is 4.77. The van der Waals surface area contributed by atoms with E-state index >= 15 is 0 Å². The summed E-state index contributed by atoms with van der Waals surface area (Å²) >= 11 is 3.45. The highest BCUT2D eigenvalue weighted by Crippen LogP contribution is 2.32. The zero-order valence-electron chi connectivity index (χ0n) is 9.51. The third kappa shape index (κ3) is 2.09. The minimum Gasteiger partial charge on any atom is -0.443 e. The lowest BCUT2D eigenvalue weighted by atomic mass is 9.99. The van der Waals surface area contributed by atoms with E-state index in [1.54, 1.807) is 6.20 Å². The van der Waals surface area contributed by atoms with Crippen LogP contribution in [0, 0.1) is 0 Å². The van der Waals surface area contributed by atoms with Crippen LogP contribution in [-0.4, -0.2) is 4.98 Å². The second kappa shape index (κ2) is 4.78. The summed E-state index contributed by atoms with van der Waals surface area (Å²) in [5.74, 6) is 0.786. The molecule has 1 aromatic heterocycles. The van der Waals surface area contributed by atoms with Gasteiger partial charge < -0.3 is 4.42 Å². The van der Waals surface area contributed by atoms with E-state index in [-0.39, 0.29) is 0 Å². The van der Waals surface area contributed by atoms with Crippen LogP contribution in [0.1, 0.15) is 0 Å². The van der Waals surface area contributed by atoms with Gasteiger partial charge in [-0.15, -0.1) is 0 Å².